The molecule has 2 nitrogen and oxygen atoms in total. The first kappa shape index (κ1) is 16.7. The molecular weight excluding hydrogens is 289 g/mol. The summed E-state index contributed by atoms with van der Waals surface area (Å²) in [5.41, 5.74) is 2.34. The molecule has 0 amide bonds. The molecule has 0 saturated carbocycles. The number of unbranched alkanes of at least 4 members (excludes halogenated alkanes) is 1. The first-order chi connectivity index (χ1) is 10.8. The van der Waals surface area contributed by atoms with Crippen LogP contribution in [0, 0.1) is 6.92 Å². The van der Waals surface area contributed by atoms with Crippen molar-refractivity contribution in [2.45, 2.75) is 33.6 Å². The number of para-hydroxylation sites is 1. The second kappa shape index (κ2) is 8.70. The predicted octanol–water partition coefficient (Wildman–Crippen LogP) is 4.53. The third-order valence-electron chi connectivity index (χ3n) is 3.35. The molecule has 0 radical (unpaired) electrons. The largest absolute Gasteiger partial charge is 0.493 e. The molecule has 22 heavy (non-hydrogen) atoms. The Balaban J connectivity index is 2.31. The Morgan fingerprint density at radius 1 is 1.09 bits per heavy atom. The van der Waals surface area contributed by atoms with Gasteiger partial charge in [0.25, 0.3) is 0 Å². The van der Waals surface area contributed by atoms with E-state index in [1.165, 1.54) is 16.2 Å². The third kappa shape index (κ3) is 4.42. The summed E-state index contributed by atoms with van der Waals surface area (Å²) in [6, 6.07) is 14.6. The zero-order valence-corrected chi connectivity index (χ0v) is 14.6. The number of aliphatic imine (C=N–C) groups is 1. The van der Waals surface area contributed by atoms with E-state index in [1.54, 1.807) is 0 Å². The Hall–Kier alpha value is -1.66. The minimum atomic E-state index is 0.556. The normalized spacial score (nSPS) is 11.6. The van der Waals surface area contributed by atoms with E-state index >= 15 is 0 Å². The second-order valence-corrected chi connectivity index (χ2v) is 6.41. The van der Waals surface area contributed by atoms with E-state index in [0.717, 1.165) is 24.3 Å². The smallest absolute Gasteiger partial charge is 0.127 e. The first-order valence-electron chi connectivity index (χ1n) is 7.87. The molecule has 0 aliphatic rings. The van der Waals surface area contributed by atoms with E-state index < -0.39 is 0 Å². The number of benzene rings is 2. The lowest BCUT2D eigenvalue weighted by molar-refractivity contribution is 0.343. The molecule has 2 aromatic rings. The highest BCUT2D eigenvalue weighted by molar-refractivity contribution is 7.56. The molecule has 0 spiro atoms. The van der Waals surface area contributed by atoms with Crippen molar-refractivity contribution in [2.24, 2.45) is 4.99 Å². The molecule has 0 heterocycles. The lowest BCUT2D eigenvalue weighted by Crippen LogP contribution is -2.11. The van der Waals surface area contributed by atoms with E-state index in [4.69, 9.17) is 4.74 Å². The quantitative estimate of drug-likeness (QED) is 0.544. The molecule has 0 aliphatic heterocycles. The molecule has 116 valence electrons. The van der Waals surface area contributed by atoms with Crippen LogP contribution in [0.3, 0.4) is 0 Å². The van der Waals surface area contributed by atoms with Gasteiger partial charge in [-0.3, -0.25) is 4.99 Å². The van der Waals surface area contributed by atoms with Crippen molar-refractivity contribution in [1.29, 1.82) is 0 Å². The van der Waals surface area contributed by atoms with Gasteiger partial charge in [-0.25, -0.2) is 0 Å². The molecule has 2 rings (SSSR count). The van der Waals surface area contributed by atoms with E-state index in [-0.39, 0.29) is 0 Å². The summed E-state index contributed by atoms with van der Waals surface area (Å²) in [5.74, 6) is 0.994. The van der Waals surface area contributed by atoms with Gasteiger partial charge in [-0.15, -0.1) is 0 Å². The molecular formula is C19H24NOP. The Labute approximate surface area is 135 Å². The van der Waals surface area contributed by atoms with Crippen LogP contribution in [0.4, 0.5) is 5.69 Å². The maximum atomic E-state index is 5.80. The fourth-order valence-electron chi connectivity index (χ4n) is 2.20. The van der Waals surface area contributed by atoms with Crippen LogP contribution in [0.1, 0.15) is 32.3 Å². The number of ether oxygens (including phenoxy) is 1. The van der Waals surface area contributed by atoms with Crippen molar-refractivity contribution in [3.8, 4) is 5.75 Å². The lowest BCUT2D eigenvalue weighted by atomic mass is 10.2. The summed E-state index contributed by atoms with van der Waals surface area (Å²) in [4.78, 5) is 4.64. The summed E-state index contributed by atoms with van der Waals surface area (Å²) < 4.78 is 5.80. The first-order valence-corrected chi connectivity index (χ1v) is 8.87. The van der Waals surface area contributed by atoms with Gasteiger partial charge in [0.1, 0.15) is 5.75 Å². The number of rotatable bonds is 7. The van der Waals surface area contributed by atoms with Gasteiger partial charge in [-0.05, 0) is 38.0 Å². The lowest BCUT2D eigenvalue weighted by Gasteiger charge is -2.14. The Morgan fingerprint density at radius 3 is 2.68 bits per heavy atom. The van der Waals surface area contributed by atoms with Crippen LogP contribution in [-0.2, 0) is 0 Å². The van der Waals surface area contributed by atoms with Gasteiger partial charge in [0.2, 0.25) is 0 Å². The van der Waals surface area contributed by atoms with Crippen molar-refractivity contribution >= 4 is 31.1 Å². The van der Waals surface area contributed by atoms with Gasteiger partial charge in [0.15, 0.2) is 0 Å². The highest BCUT2D eigenvalue weighted by Gasteiger charge is 2.09. The zero-order chi connectivity index (χ0) is 15.8. The van der Waals surface area contributed by atoms with E-state index in [1.807, 2.05) is 19.2 Å². The fourth-order valence-corrected chi connectivity index (χ4v) is 3.48. The highest BCUT2D eigenvalue weighted by atomic mass is 31.1. The maximum absolute atomic E-state index is 5.80. The summed E-state index contributed by atoms with van der Waals surface area (Å²) in [6.45, 7) is 7.03. The monoisotopic (exact) mass is 313 g/mol. The van der Waals surface area contributed by atoms with Gasteiger partial charge in [-0.2, -0.15) is 0 Å². The van der Waals surface area contributed by atoms with Gasteiger partial charge in [0.05, 0.1) is 12.3 Å². The van der Waals surface area contributed by atoms with Crippen LogP contribution in [0.15, 0.2) is 47.5 Å². The minimum Gasteiger partial charge on any atom is -0.493 e. The summed E-state index contributed by atoms with van der Waals surface area (Å²) >= 11 is 0. The summed E-state index contributed by atoms with van der Waals surface area (Å²) in [6.07, 6.45) is 4.16. The molecule has 0 bridgehead atoms. The zero-order valence-electron chi connectivity index (χ0n) is 13.6. The Morgan fingerprint density at radius 2 is 1.91 bits per heavy atom. The van der Waals surface area contributed by atoms with Crippen LogP contribution in [0.25, 0.3) is 0 Å². The van der Waals surface area contributed by atoms with Crippen molar-refractivity contribution in [2.75, 3.05) is 6.61 Å². The molecule has 0 aromatic heterocycles. The van der Waals surface area contributed by atoms with Crippen LogP contribution in [0.2, 0.25) is 0 Å². The van der Waals surface area contributed by atoms with Crippen LogP contribution in [-0.4, -0.2) is 12.8 Å². The van der Waals surface area contributed by atoms with Gasteiger partial charge >= 0.3 is 0 Å². The molecule has 1 atom stereocenters. The molecule has 0 N–H and O–H groups in total. The van der Waals surface area contributed by atoms with Crippen molar-refractivity contribution in [3.05, 3.63) is 48.0 Å². The van der Waals surface area contributed by atoms with Gasteiger partial charge < -0.3 is 4.74 Å². The molecule has 2 aromatic carbocycles. The third-order valence-corrected chi connectivity index (χ3v) is 4.93. The number of aryl methyl sites for hydroxylation is 1. The van der Waals surface area contributed by atoms with E-state index in [2.05, 4.69) is 55.2 Å². The maximum Gasteiger partial charge on any atom is 0.127 e. The van der Waals surface area contributed by atoms with Crippen molar-refractivity contribution in [3.63, 3.8) is 0 Å². The minimum absolute atomic E-state index is 0.556. The molecule has 0 fully saturated rings. The summed E-state index contributed by atoms with van der Waals surface area (Å²) in [5, 5.41) is 2.55. The molecule has 3 heteroatoms. The molecule has 0 aliphatic carbocycles. The predicted molar refractivity (Wildman–Crippen MR) is 99.4 cm³/mol. The number of nitrogens with zero attached hydrogens (tertiary/aromatic N) is 1. The Bertz CT molecular complexity index is 637. The average Bonchev–Trinajstić information content (AvgIpc) is 2.52. The molecule has 1 unspecified atom stereocenters. The van der Waals surface area contributed by atoms with Crippen molar-refractivity contribution in [1.82, 2.24) is 0 Å². The Kier molecular flexibility index (Phi) is 6.61. The van der Waals surface area contributed by atoms with Crippen LogP contribution >= 0.6 is 8.58 Å². The SMILES string of the molecule is CCCC=Nc1ccccc1Pc1c(C)cccc1OCC. The molecule has 0 saturated heterocycles. The van der Waals surface area contributed by atoms with E-state index in [9.17, 15) is 0 Å². The highest BCUT2D eigenvalue weighted by Crippen LogP contribution is 2.26. The van der Waals surface area contributed by atoms with Crippen LogP contribution < -0.4 is 15.3 Å². The van der Waals surface area contributed by atoms with Crippen molar-refractivity contribution < 1.29 is 4.74 Å². The van der Waals surface area contributed by atoms with Crippen LogP contribution in [0.5, 0.6) is 5.75 Å². The summed E-state index contributed by atoms with van der Waals surface area (Å²) in [7, 11) is 0.556. The average molecular weight is 313 g/mol. The number of hydrogen-bond donors (Lipinski definition) is 0. The fraction of sp³-hybridized carbons (Fsp3) is 0.316. The van der Waals surface area contributed by atoms with Gasteiger partial charge in [0, 0.05) is 16.8 Å². The second-order valence-electron chi connectivity index (χ2n) is 5.12. The van der Waals surface area contributed by atoms with E-state index in [0.29, 0.717) is 15.2 Å². The van der Waals surface area contributed by atoms with Gasteiger partial charge in [-0.1, -0.05) is 52.3 Å². The topological polar surface area (TPSA) is 21.6 Å². The standard InChI is InChI=1S/C19H24NOP/c1-4-6-14-20-16-11-7-8-13-18(16)22-19-15(3)10-9-12-17(19)21-5-2/h7-14,22H,4-6H2,1-3H3. The number of hydrogen-bond acceptors (Lipinski definition) is 2.